The van der Waals surface area contributed by atoms with Gasteiger partial charge in [0.1, 0.15) is 5.82 Å². The second-order valence-corrected chi connectivity index (χ2v) is 6.95. The van der Waals surface area contributed by atoms with Crippen LogP contribution in [-0.2, 0) is 4.74 Å². The highest BCUT2D eigenvalue weighted by Gasteiger charge is 2.13. The molecule has 0 saturated heterocycles. The largest absolute Gasteiger partial charge is 0.465 e. The fourth-order valence-corrected chi connectivity index (χ4v) is 3.44. The molecule has 0 N–H and O–H groups in total. The number of methoxy groups -OCH3 is 1. The van der Waals surface area contributed by atoms with Gasteiger partial charge in [0.15, 0.2) is 0 Å². The second-order valence-electron chi connectivity index (χ2n) is 5.07. The lowest BCUT2D eigenvalue weighted by molar-refractivity contribution is 0.0600. The van der Waals surface area contributed by atoms with E-state index in [-0.39, 0.29) is 5.97 Å². The maximum atomic E-state index is 11.5. The molecule has 0 aliphatic heterocycles. The molecule has 0 radical (unpaired) electrons. The first-order valence-electron chi connectivity index (χ1n) is 7.23. The van der Waals surface area contributed by atoms with Gasteiger partial charge in [0.25, 0.3) is 0 Å². The number of halogens is 2. The van der Waals surface area contributed by atoms with Crippen molar-refractivity contribution in [3.05, 3.63) is 63.9 Å². The molecule has 0 bridgehead atoms. The van der Waals surface area contributed by atoms with Crippen LogP contribution >= 0.6 is 35.0 Å². The Labute approximate surface area is 158 Å². The van der Waals surface area contributed by atoms with Crippen LogP contribution in [0.1, 0.15) is 16.2 Å². The summed E-state index contributed by atoms with van der Waals surface area (Å²) in [7, 11) is 1.35. The molecule has 128 valence electrons. The normalized spacial score (nSPS) is 10.7. The molecule has 3 rings (SSSR count). The second kappa shape index (κ2) is 7.47. The number of rotatable bonds is 4. The van der Waals surface area contributed by atoms with Crippen molar-refractivity contribution in [3.8, 4) is 5.69 Å². The van der Waals surface area contributed by atoms with Gasteiger partial charge in [-0.05, 0) is 61.2 Å². The minimum atomic E-state index is -0.368. The van der Waals surface area contributed by atoms with Crippen LogP contribution in [0, 0.1) is 6.92 Å². The van der Waals surface area contributed by atoms with Gasteiger partial charge >= 0.3 is 5.97 Å². The number of nitrogens with zero attached hydrogens (tertiary/aromatic N) is 3. The van der Waals surface area contributed by atoms with Crippen molar-refractivity contribution in [2.75, 3.05) is 7.11 Å². The molecule has 8 heteroatoms. The summed E-state index contributed by atoms with van der Waals surface area (Å²) in [5, 5.41) is 6.13. The van der Waals surface area contributed by atoms with Gasteiger partial charge in [-0.1, -0.05) is 23.2 Å². The molecule has 0 unspecified atom stereocenters. The minimum absolute atomic E-state index is 0.368. The van der Waals surface area contributed by atoms with Crippen molar-refractivity contribution in [3.63, 3.8) is 0 Å². The fraction of sp³-hybridized carbons (Fsp3) is 0.118. The van der Waals surface area contributed by atoms with Crippen LogP contribution in [0.2, 0.25) is 10.0 Å². The molecule has 0 atom stereocenters. The van der Waals surface area contributed by atoms with Crippen LogP contribution < -0.4 is 0 Å². The predicted molar refractivity (Wildman–Crippen MR) is 98.0 cm³/mol. The monoisotopic (exact) mass is 393 g/mol. The van der Waals surface area contributed by atoms with E-state index >= 15 is 0 Å². The third kappa shape index (κ3) is 3.98. The van der Waals surface area contributed by atoms with Gasteiger partial charge in [-0.2, -0.15) is 0 Å². The Kier molecular flexibility index (Phi) is 5.32. The van der Waals surface area contributed by atoms with Gasteiger partial charge in [0.2, 0.25) is 5.16 Å². The molecule has 0 amide bonds. The smallest absolute Gasteiger partial charge is 0.337 e. The van der Waals surface area contributed by atoms with Crippen LogP contribution in [0.15, 0.2) is 52.5 Å². The molecule has 0 aliphatic carbocycles. The van der Waals surface area contributed by atoms with Crippen LogP contribution in [-0.4, -0.2) is 27.8 Å². The molecular weight excluding hydrogens is 381 g/mol. The Morgan fingerprint density at radius 1 is 1.16 bits per heavy atom. The summed E-state index contributed by atoms with van der Waals surface area (Å²) in [6.45, 7) is 1.85. The molecule has 1 aromatic heterocycles. The third-order valence-corrected chi connectivity index (χ3v) is 4.77. The van der Waals surface area contributed by atoms with Crippen molar-refractivity contribution < 1.29 is 9.53 Å². The lowest BCUT2D eigenvalue weighted by Crippen LogP contribution is -2.00. The van der Waals surface area contributed by atoms with Gasteiger partial charge in [0, 0.05) is 9.92 Å². The number of benzene rings is 2. The number of hydrogen-bond acceptors (Lipinski definition) is 5. The maximum Gasteiger partial charge on any atom is 0.337 e. The third-order valence-electron chi connectivity index (χ3n) is 3.37. The minimum Gasteiger partial charge on any atom is -0.465 e. The fourth-order valence-electron chi connectivity index (χ4n) is 2.17. The van der Waals surface area contributed by atoms with Crippen LogP contribution in [0.5, 0.6) is 0 Å². The summed E-state index contributed by atoms with van der Waals surface area (Å²) in [6, 6.07) is 12.3. The van der Waals surface area contributed by atoms with E-state index in [0.717, 1.165) is 4.90 Å². The van der Waals surface area contributed by atoms with E-state index in [0.29, 0.717) is 32.3 Å². The molecule has 25 heavy (non-hydrogen) atoms. The molecule has 0 spiro atoms. The first-order valence-corrected chi connectivity index (χ1v) is 8.80. The molecule has 0 aliphatic rings. The van der Waals surface area contributed by atoms with E-state index in [2.05, 4.69) is 14.8 Å². The van der Waals surface area contributed by atoms with Crippen molar-refractivity contribution in [1.29, 1.82) is 0 Å². The van der Waals surface area contributed by atoms with Crippen molar-refractivity contribution >= 4 is 40.9 Å². The molecule has 2 aromatic carbocycles. The van der Waals surface area contributed by atoms with Crippen molar-refractivity contribution in [1.82, 2.24) is 14.8 Å². The zero-order chi connectivity index (χ0) is 18.0. The predicted octanol–water partition coefficient (Wildman–Crippen LogP) is 4.82. The van der Waals surface area contributed by atoms with Crippen LogP contribution in [0.3, 0.4) is 0 Å². The Morgan fingerprint density at radius 2 is 1.88 bits per heavy atom. The number of aromatic nitrogens is 3. The van der Waals surface area contributed by atoms with E-state index < -0.39 is 0 Å². The first kappa shape index (κ1) is 17.8. The molecule has 1 heterocycles. The van der Waals surface area contributed by atoms with Gasteiger partial charge < -0.3 is 4.74 Å². The molecule has 0 saturated carbocycles. The summed E-state index contributed by atoms with van der Waals surface area (Å²) >= 11 is 13.6. The number of esters is 1. The highest BCUT2D eigenvalue weighted by molar-refractivity contribution is 7.99. The van der Waals surface area contributed by atoms with E-state index in [4.69, 9.17) is 23.2 Å². The lowest BCUT2D eigenvalue weighted by Gasteiger charge is -2.05. The zero-order valence-corrected chi connectivity index (χ0v) is 15.7. The number of carbonyl (C=O) groups is 1. The topological polar surface area (TPSA) is 57.0 Å². The van der Waals surface area contributed by atoms with Gasteiger partial charge in [-0.15, -0.1) is 5.10 Å². The van der Waals surface area contributed by atoms with E-state index in [1.807, 2.05) is 19.1 Å². The molecular formula is C17H13Cl2N3O2S. The molecule has 0 fully saturated rings. The number of aryl methyl sites for hydroxylation is 1. The summed E-state index contributed by atoms with van der Waals surface area (Å²) in [4.78, 5) is 16.8. The quantitative estimate of drug-likeness (QED) is 0.594. The number of carbonyl (C=O) groups excluding carboxylic acids is 1. The number of ether oxygens (including phenoxy) is 1. The average Bonchev–Trinajstić information content (AvgIpc) is 2.95. The Morgan fingerprint density at radius 3 is 2.52 bits per heavy atom. The van der Waals surface area contributed by atoms with Crippen molar-refractivity contribution in [2.45, 2.75) is 17.0 Å². The van der Waals surface area contributed by atoms with Crippen LogP contribution in [0.25, 0.3) is 5.69 Å². The lowest BCUT2D eigenvalue weighted by atomic mass is 10.2. The van der Waals surface area contributed by atoms with Crippen molar-refractivity contribution in [2.24, 2.45) is 0 Å². The van der Waals surface area contributed by atoms with E-state index in [9.17, 15) is 4.79 Å². The highest BCUT2D eigenvalue weighted by atomic mass is 35.5. The van der Waals surface area contributed by atoms with Gasteiger partial charge in [-0.3, -0.25) is 0 Å². The summed E-state index contributed by atoms with van der Waals surface area (Å²) in [6.07, 6.45) is 0. The van der Waals surface area contributed by atoms with Crippen LogP contribution in [0.4, 0.5) is 0 Å². The maximum absolute atomic E-state index is 11.5. The highest BCUT2D eigenvalue weighted by Crippen LogP contribution is 2.29. The first-order chi connectivity index (χ1) is 12.0. The number of hydrogen-bond donors (Lipinski definition) is 0. The van der Waals surface area contributed by atoms with Gasteiger partial charge in [-0.25, -0.2) is 14.5 Å². The zero-order valence-electron chi connectivity index (χ0n) is 13.4. The Hall–Kier alpha value is -2.02. The molecule has 3 aromatic rings. The average molecular weight is 394 g/mol. The summed E-state index contributed by atoms with van der Waals surface area (Å²) < 4.78 is 6.36. The van der Waals surface area contributed by atoms with Gasteiger partial charge in [0.05, 0.1) is 23.4 Å². The standard InChI is InChI=1S/C17H13Cl2N3O2S/c1-10-20-17(21-22(10)15-8-5-12(18)9-14(15)19)25-13-6-3-11(4-7-13)16(23)24-2/h3-9H,1-2H3. The van der Waals surface area contributed by atoms with E-state index in [1.165, 1.54) is 18.9 Å². The summed E-state index contributed by atoms with van der Waals surface area (Å²) in [5.74, 6) is 0.338. The Bertz CT molecular complexity index is 926. The Balaban J connectivity index is 1.84. The van der Waals surface area contributed by atoms with E-state index in [1.54, 1.807) is 35.0 Å². The SMILES string of the molecule is COC(=O)c1ccc(Sc2nc(C)n(-c3ccc(Cl)cc3Cl)n2)cc1. The molecule has 5 nitrogen and oxygen atoms in total. The summed E-state index contributed by atoms with van der Waals surface area (Å²) in [5.41, 5.74) is 1.21.